The highest BCUT2D eigenvalue weighted by molar-refractivity contribution is 5.96. The molecule has 0 atom stereocenters. The van der Waals surface area contributed by atoms with Crippen LogP contribution in [0.5, 0.6) is 5.75 Å². The van der Waals surface area contributed by atoms with Gasteiger partial charge in [-0.3, -0.25) is 9.59 Å². The third-order valence-electron chi connectivity index (χ3n) is 1.57. The second-order valence-electron chi connectivity index (χ2n) is 3.00. The van der Waals surface area contributed by atoms with Crippen LogP contribution in [0, 0.1) is 0 Å². The summed E-state index contributed by atoms with van der Waals surface area (Å²) in [4.78, 5) is 32.6. The Labute approximate surface area is 92.0 Å². The third kappa shape index (κ3) is 3.53. The van der Waals surface area contributed by atoms with Crippen molar-refractivity contribution in [3.05, 3.63) is 29.8 Å². The van der Waals surface area contributed by atoms with E-state index in [4.69, 9.17) is 4.74 Å². The van der Waals surface area contributed by atoms with Crippen LogP contribution in [0.25, 0.3) is 0 Å². The molecule has 0 aliphatic carbocycles. The van der Waals surface area contributed by atoms with Crippen molar-refractivity contribution in [3.8, 4) is 5.75 Å². The summed E-state index contributed by atoms with van der Waals surface area (Å²) in [7, 11) is 0. The van der Waals surface area contributed by atoms with Crippen LogP contribution in [0.4, 0.5) is 0 Å². The second-order valence-corrected chi connectivity index (χ2v) is 3.00. The quantitative estimate of drug-likeness (QED) is 0.428. The van der Waals surface area contributed by atoms with Crippen LogP contribution < -0.4 is 4.74 Å². The number of ether oxygens (including phenoxy) is 2. The average Bonchev–Trinajstić information content (AvgIpc) is 2.16. The topological polar surface area (TPSA) is 69.7 Å². The second kappa shape index (κ2) is 5.06. The number of esters is 3. The van der Waals surface area contributed by atoms with Crippen LogP contribution in [0.3, 0.4) is 0 Å². The van der Waals surface area contributed by atoms with Crippen molar-refractivity contribution < 1.29 is 23.9 Å². The average molecular weight is 222 g/mol. The minimum absolute atomic E-state index is 0.147. The highest BCUT2D eigenvalue weighted by Crippen LogP contribution is 2.14. The molecule has 5 nitrogen and oxygen atoms in total. The predicted molar refractivity (Wildman–Crippen MR) is 53.8 cm³/mol. The van der Waals surface area contributed by atoms with E-state index in [1.54, 1.807) is 0 Å². The van der Waals surface area contributed by atoms with E-state index in [2.05, 4.69) is 4.74 Å². The smallest absolute Gasteiger partial charge is 0.345 e. The molecule has 84 valence electrons. The molecule has 0 radical (unpaired) electrons. The van der Waals surface area contributed by atoms with Gasteiger partial charge < -0.3 is 9.47 Å². The Morgan fingerprint density at radius 3 is 2.31 bits per heavy atom. The Balaban J connectivity index is 2.85. The molecular formula is C11H10O5. The Morgan fingerprint density at radius 1 is 1.06 bits per heavy atom. The fourth-order valence-corrected chi connectivity index (χ4v) is 1.04. The van der Waals surface area contributed by atoms with Crippen molar-refractivity contribution in [2.24, 2.45) is 0 Å². The van der Waals surface area contributed by atoms with Crippen LogP contribution in [0.1, 0.15) is 24.2 Å². The summed E-state index contributed by atoms with van der Waals surface area (Å²) < 4.78 is 9.16. The van der Waals surface area contributed by atoms with Gasteiger partial charge in [0.25, 0.3) is 0 Å². The van der Waals surface area contributed by atoms with E-state index in [0.717, 1.165) is 6.92 Å². The van der Waals surface area contributed by atoms with Gasteiger partial charge in [-0.1, -0.05) is 6.07 Å². The molecule has 0 amide bonds. The number of rotatable bonds is 2. The summed E-state index contributed by atoms with van der Waals surface area (Å²) in [6.45, 7) is 2.38. The number of benzene rings is 1. The van der Waals surface area contributed by atoms with Gasteiger partial charge in [-0.2, -0.15) is 0 Å². The molecule has 1 aromatic rings. The van der Waals surface area contributed by atoms with Crippen molar-refractivity contribution in [2.75, 3.05) is 0 Å². The van der Waals surface area contributed by atoms with E-state index in [9.17, 15) is 14.4 Å². The molecule has 0 heterocycles. The van der Waals surface area contributed by atoms with Crippen molar-refractivity contribution in [1.82, 2.24) is 0 Å². The van der Waals surface area contributed by atoms with E-state index in [1.807, 2.05) is 0 Å². The lowest BCUT2D eigenvalue weighted by Crippen LogP contribution is -2.09. The molecule has 5 heteroatoms. The van der Waals surface area contributed by atoms with E-state index in [1.165, 1.54) is 31.2 Å². The molecule has 0 fully saturated rings. The Kier molecular flexibility index (Phi) is 3.77. The maximum absolute atomic E-state index is 11.3. The monoisotopic (exact) mass is 222 g/mol. The van der Waals surface area contributed by atoms with Gasteiger partial charge in [-0.05, 0) is 18.2 Å². The van der Waals surface area contributed by atoms with Crippen molar-refractivity contribution >= 4 is 17.9 Å². The largest absolute Gasteiger partial charge is 0.427 e. The molecule has 0 aliphatic rings. The number of carbonyl (C=O) groups is 3. The van der Waals surface area contributed by atoms with Gasteiger partial charge in [-0.25, -0.2) is 4.79 Å². The molecule has 0 spiro atoms. The lowest BCUT2D eigenvalue weighted by molar-refractivity contribution is -0.135. The minimum Gasteiger partial charge on any atom is -0.427 e. The van der Waals surface area contributed by atoms with Crippen LogP contribution in [0.2, 0.25) is 0 Å². The first-order chi connectivity index (χ1) is 7.49. The third-order valence-corrected chi connectivity index (χ3v) is 1.57. The molecule has 0 saturated heterocycles. The summed E-state index contributed by atoms with van der Waals surface area (Å²) >= 11 is 0. The summed E-state index contributed by atoms with van der Waals surface area (Å²) in [6, 6.07) is 5.83. The van der Waals surface area contributed by atoms with E-state index < -0.39 is 17.9 Å². The standard InChI is InChI=1S/C11H10O5/c1-7(12)15-10-5-3-4-9(6-10)11(14)16-8(2)13/h3-6H,1-2H3. The zero-order valence-corrected chi connectivity index (χ0v) is 8.85. The van der Waals surface area contributed by atoms with Crippen LogP contribution in [-0.4, -0.2) is 17.9 Å². The van der Waals surface area contributed by atoms with Crippen molar-refractivity contribution in [2.45, 2.75) is 13.8 Å². The molecule has 0 bridgehead atoms. The summed E-state index contributed by atoms with van der Waals surface area (Å²) in [5.74, 6) is -1.73. The first-order valence-electron chi connectivity index (χ1n) is 4.50. The minimum atomic E-state index is -0.776. The van der Waals surface area contributed by atoms with Crippen LogP contribution in [0.15, 0.2) is 24.3 Å². The molecule has 0 saturated carbocycles. The summed E-state index contributed by atoms with van der Waals surface area (Å²) in [6.07, 6.45) is 0. The fraction of sp³-hybridized carbons (Fsp3) is 0.182. The zero-order chi connectivity index (χ0) is 12.1. The van der Waals surface area contributed by atoms with Gasteiger partial charge in [0.1, 0.15) is 5.75 Å². The summed E-state index contributed by atoms with van der Waals surface area (Å²) in [5, 5.41) is 0. The SMILES string of the molecule is CC(=O)OC(=O)c1cccc(OC(C)=O)c1. The lowest BCUT2D eigenvalue weighted by Gasteiger charge is -2.03. The zero-order valence-electron chi connectivity index (χ0n) is 8.85. The molecule has 0 aliphatic heterocycles. The Morgan fingerprint density at radius 2 is 1.75 bits per heavy atom. The van der Waals surface area contributed by atoms with E-state index in [-0.39, 0.29) is 11.3 Å². The molecule has 0 aromatic heterocycles. The van der Waals surface area contributed by atoms with Crippen LogP contribution >= 0.6 is 0 Å². The highest BCUT2D eigenvalue weighted by Gasteiger charge is 2.10. The molecule has 0 N–H and O–H groups in total. The highest BCUT2D eigenvalue weighted by atomic mass is 16.6. The van der Waals surface area contributed by atoms with Gasteiger partial charge >= 0.3 is 17.9 Å². The van der Waals surface area contributed by atoms with Gasteiger partial charge in [0, 0.05) is 13.8 Å². The lowest BCUT2D eigenvalue weighted by atomic mass is 10.2. The Hall–Kier alpha value is -2.17. The maximum Gasteiger partial charge on any atom is 0.345 e. The van der Waals surface area contributed by atoms with Gasteiger partial charge in [0.2, 0.25) is 0 Å². The van der Waals surface area contributed by atoms with E-state index >= 15 is 0 Å². The first kappa shape index (κ1) is 11.9. The predicted octanol–water partition coefficient (Wildman–Crippen LogP) is 1.32. The molecular weight excluding hydrogens is 212 g/mol. The number of hydrogen-bond donors (Lipinski definition) is 0. The van der Waals surface area contributed by atoms with Crippen LogP contribution in [-0.2, 0) is 14.3 Å². The molecule has 0 unspecified atom stereocenters. The van der Waals surface area contributed by atoms with Gasteiger partial charge in [0.15, 0.2) is 0 Å². The van der Waals surface area contributed by atoms with Crippen molar-refractivity contribution in [1.29, 1.82) is 0 Å². The number of carbonyl (C=O) groups excluding carboxylic acids is 3. The molecule has 1 aromatic carbocycles. The van der Waals surface area contributed by atoms with Crippen molar-refractivity contribution in [3.63, 3.8) is 0 Å². The normalized spacial score (nSPS) is 9.38. The fourth-order valence-electron chi connectivity index (χ4n) is 1.04. The van der Waals surface area contributed by atoms with Gasteiger partial charge in [-0.15, -0.1) is 0 Å². The first-order valence-corrected chi connectivity index (χ1v) is 4.50. The van der Waals surface area contributed by atoms with E-state index in [0.29, 0.717) is 0 Å². The van der Waals surface area contributed by atoms with Gasteiger partial charge in [0.05, 0.1) is 5.56 Å². The molecule has 16 heavy (non-hydrogen) atoms. The number of hydrogen-bond acceptors (Lipinski definition) is 5. The Bertz CT molecular complexity index is 436. The summed E-state index contributed by atoms with van der Waals surface area (Å²) in [5.41, 5.74) is 0.147. The maximum atomic E-state index is 11.3. The molecule has 1 rings (SSSR count).